The van der Waals surface area contributed by atoms with Crippen LogP contribution in [-0.4, -0.2) is 28.6 Å². The Bertz CT molecular complexity index is 284. The molecule has 1 rings (SSSR count). The summed E-state index contributed by atoms with van der Waals surface area (Å²) in [6.45, 7) is 1.85. The Labute approximate surface area is 79.8 Å². The van der Waals surface area contributed by atoms with Crippen LogP contribution in [0.5, 0.6) is 5.75 Å². The van der Waals surface area contributed by atoms with E-state index in [0.717, 1.165) is 10.8 Å². The Hall–Kier alpha value is -0.843. The highest BCUT2D eigenvalue weighted by atomic mass is 28.3. The molecule has 0 aliphatic rings. The Balaban J connectivity index is 3.05. The molecule has 3 nitrogen and oxygen atoms in total. The van der Waals surface area contributed by atoms with Crippen molar-refractivity contribution < 1.29 is 14.0 Å². The fourth-order valence-corrected chi connectivity index (χ4v) is 2.36. The Morgan fingerprint density at radius 1 is 1.23 bits per heavy atom. The van der Waals surface area contributed by atoms with E-state index >= 15 is 0 Å². The van der Waals surface area contributed by atoms with Gasteiger partial charge in [-0.2, -0.15) is 0 Å². The van der Waals surface area contributed by atoms with Gasteiger partial charge in [-0.15, -0.1) is 0 Å². The van der Waals surface area contributed by atoms with E-state index in [1.165, 1.54) is 0 Å². The normalized spacial score (nSPS) is 10.8. The SMILES string of the molecule is CO[Si](OC)c1cccc(C)c1O. The van der Waals surface area contributed by atoms with Gasteiger partial charge in [0.15, 0.2) is 0 Å². The van der Waals surface area contributed by atoms with Gasteiger partial charge in [-0.05, 0) is 12.5 Å². The summed E-state index contributed by atoms with van der Waals surface area (Å²) in [6, 6.07) is 5.56. The molecule has 0 unspecified atom stereocenters. The number of benzene rings is 1. The maximum absolute atomic E-state index is 9.70. The van der Waals surface area contributed by atoms with Crippen LogP contribution in [0.4, 0.5) is 0 Å². The van der Waals surface area contributed by atoms with Gasteiger partial charge in [0.05, 0.1) is 0 Å². The zero-order valence-electron chi connectivity index (χ0n) is 8.00. The lowest BCUT2D eigenvalue weighted by Crippen LogP contribution is -2.35. The summed E-state index contributed by atoms with van der Waals surface area (Å²) in [5.74, 6) is 0.278. The van der Waals surface area contributed by atoms with Crippen LogP contribution >= 0.6 is 0 Å². The van der Waals surface area contributed by atoms with Crippen LogP contribution in [0.1, 0.15) is 5.56 Å². The summed E-state index contributed by atoms with van der Waals surface area (Å²) in [4.78, 5) is 0. The molecule has 0 fully saturated rings. The van der Waals surface area contributed by atoms with Gasteiger partial charge in [-0.1, -0.05) is 18.2 Å². The molecule has 0 aromatic heterocycles. The van der Waals surface area contributed by atoms with Crippen molar-refractivity contribution in [2.45, 2.75) is 6.92 Å². The van der Waals surface area contributed by atoms with Crippen molar-refractivity contribution >= 4 is 14.5 Å². The summed E-state index contributed by atoms with van der Waals surface area (Å²) < 4.78 is 10.3. The van der Waals surface area contributed by atoms with Crippen LogP contribution in [0.3, 0.4) is 0 Å². The summed E-state index contributed by atoms with van der Waals surface area (Å²) in [5.41, 5.74) is 0.842. The third-order valence-electron chi connectivity index (χ3n) is 1.83. The predicted octanol–water partition coefficient (Wildman–Crippen LogP) is 0.689. The molecule has 0 aliphatic carbocycles. The van der Waals surface area contributed by atoms with E-state index in [1.54, 1.807) is 14.2 Å². The molecule has 1 aromatic rings. The molecule has 0 saturated heterocycles. The lowest BCUT2D eigenvalue weighted by Gasteiger charge is -2.11. The smallest absolute Gasteiger partial charge is 0.426 e. The molecular weight excluding hydrogens is 184 g/mol. The van der Waals surface area contributed by atoms with Crippen molar-refractivity contribution in [1.82, 2.24) is 0 Å². The number of aromatic hydroxyl groups is 1. The molecule has 1 N–H and O–H groups in total. The van der Waals surface area contributed by atoms with Crippen molar-refractivity contribution in [2.24, 2.45) is 0 Å². The van der Waals surface area contributed by atoms with Gasteiger partial charge in [0.25, 0.3) is 0 Å². The molecule has 0 saturated carbocycles. The number of para-hydroxylation sites is 1. The van der Waals surface area contributed by atoms with Gasteiger partial charge < -0.3 is 14.0 Å². The zero-order chi connectivity index (χ0) is 9.84. The molecule has 71 valence electrons. The van der Waals surface area contributed by atoms with E-state index in [4.69, 9.17) is 8.85 Å². The van der Waals surface area contributed by atoms with Gasteiger partial charge in [0.2, 0.25) is 0 Å². The first-order valence-electron chi connectivity index (χ1n) is 3.94. The van der Waals surface area contributed by atoms with E-state index in [1.807, 2.05) is 25.1 Å². The largest absolute Gasteiger partial charge is 0.508 e. The molecule has 4 heteroatoms. The van der Waals surface area contributed by atoms with Crippen LogP contribution < -0.4 is 5.19 Å². The number of phenolic OH excluding ortho intramolecular Hbond substituents is 1. The minimum atomic E-state index is -1.50. The third kappa shape index (κ3) is 2.09. The predicted molar refractivity (Wildman–Crippen MR) is 52.2 cm³/mol. The van der Waals surface area contributed by atoms with Gasteiger partial charge in [-0.25, -0.2) is 0 Å². The van der Waals surface area contributed by atoms with Gasteiger partial charge >= 0.3 is 9.28 Å². The number of rotatable bonds is 3. The zero-order valence-corrected chi connectivity index (χ0v) is 9.00. The van der Waals surface area contributed by atoms with Crippen LogP contribution in [0.2, 0.25) is 0 Å². The molecule has 1 aromatic carbocycles. The maximum atomic E-state index is 9.70. The molecule has 13 heavy (non-hydrogen) atoms. The second-order valence-corrected chi connectivity index (χ2v) is 4.60. The summed E-state index contributed by atoms with van der Waals surface area (Å²) in [7, 11) is 1.66. The first kappa shape index (κ1) is 10.2. The highest BCUT2D eigenvalue weighted by Crippen LogP contribution is 2.12. The van der Waals surface area contributed by atoms with Gasteiger partial charge in [0.1, 0.15) is 5.75 Å². The monoisotopic (exact) mass is 197 g/mol. The Morgan fingerprint density at radius 2 is 1.85 bits per heavy atom. The molecule has 0 bridgehead atoms. The molecule has 0 heterocycles. The molecular formula is C9H13O3Si. The van der Waals surface area contributed by atoms with Crippen LogP contribution in [0.15, 0.2) is 18.2 Å². The van der Waals surface area contributed by atoms with E-state index in [-0.39, 0.29) is 5.75 Å². The first-order chi connectivity index (χ1) is 6.20. The van der Waals surface area contributed by atoms with Gasteiger partial charge in [-0.3, -0.25) is 0 Å². The van der Waals surface area contributed by atoms with E-state index in [9.17, 15) is 5.11 Å². The van der Waals surface area contributed by atoms with Crippen LogP contribution in [-0.2, 0) is 8.85 Å². The van der Waals surface area contributed by atoms with Gasteiger partial charge in [0, 0.05) is 19.4 Å². The highest BCUT2D eigenvalue weighted by Gasteiger charge is 2.20. The molecule has 0 amide bonds. The fraction of sp³-hybridized carbons (Fsp3) is 0.333. The van der Waals surface area contributed by atoms with Crippen molar-refractivity contribution in [3.8, 4) is 5.75 Å². The minimum Gasteiger partial charge on any atom is -0.508 e. The highest BCUT2D eigenvalue weighted by molar-refractivity contribution is 6.62. The number of aryl methyl sites for hydroxylation is 1. The van der Waals surface area contributed by atoms with E-state index in [0.29, 0.717) is 0 Å². The van der Waals surface area contributed by atoms with Crippen molar-refractivity contribution in [3.05, 3.63) is 23.8 Å². The van der Waals surface area contributed by atoms with Crippen molar-refractivity contribution in [3.63, 3.8) is 0 Å². The Morgan fingerprint density at radius 3 is 2.38 bits per heavy atom. The molecule has 0 spiro atoms. The van der Waals surface area contributed by atoms with Crippen molar-refractivity contribution in [2.75, 3.05) is 14.2 Å². The van der Waals surface area contributed by atoms with Crippen molar-refractivity contribution in [1.29, 1.82) is 0 Å². The lowest BCUT2D eigenvalue weighted by atomic mass is 10.2. The second kappa shape index (κ2) is 4.41. The summed E-state index contributed by atoms with van der Waals surface area (Å²) >= 11 is 0. The summed E-state index contributed by atoms with van der Waals surface area (Å²) in [5, 5.41) is 10.5. The number of phenols is 1. The van der Waals surface area contributed by atoms with E-state index < -0.39 is 9.28 Å². The number of hydrogen-bond acceptors (Lipinski definition) is 3. The topological polar surface area (TPSA) is 38.7 Å². The van der Waals surface area contributed by atoms with E-state index in [2.05, 4.69) is 0 Å². The molecule has 0 aliphatic heterocycles. The Kier molecular flexibility index (Phi) is 3.47. The van der Waals surface area contributed by atoms with Crippen LogP contribution in [0, 0.1) is 6.92 Å². The molecule has 1 radical (unpaired) electrons. The maximum Gasteiger partial charge on any atom is 0.426 e. The average molecular weight is 197 g/mol. The number of hydrogen-bond donors (Lipinski definition) is 1. The fourth-order valence-electron chi connectivity index (χ4n) is 1.13. The minimum absolute atomic E-state index is 0.278. The lowest BCUT2D eigenvalue weighted by molar-refractivity contribution is 0.290. The first-order valence-corrected chi connectivity index (χ1v) is 5.26. The standard InChI is InChI=1S/C9H13O3Si/c1-7-5-4-6-8(9(7)10)13(11-2)12-3/h4-6,10H,1-3H3. The van der Waals surface area contributed by atoms with Crippen LogP contribution in [0.25, 0.3) is 0 Å². The second-order valence-electron chi connectivity index (χ2n) is 2.67. The quantitative estimate of drug-likeness (QED) is 0.725. The molecule has 0 atom stereocenters. The third-order valence-corrected chi connectivity index (χ3v) is 3.41. The average Bonchev–Trinajstić information content (AvgIpc) is 2.14. The summed E-state index contributed by atoms with van der Waals surface area (Å²) in [6.07, 6.45) is 0.